The zero-order valence-electron chi connectivity index (χ0n) is 14.7. The summed E-state index contributed by atoms with van der Waals surface area (Å²) in [5.74, 6) is 0.719. The van der Waals surface area contributed by atoms with Crippen LogP contribution in [0.1, 0.15) is 20.8 Å². The number of hydrogen-bond donors (Lipinski definition) is 0. The minimum absolute atomic E-state index is 0.0191. The van der Waals surface area contributed by atoms with E-state index >= 15 is 0 Å². The Bertz CT molecular complexity index is 867. The number of carbonyl (C=O) groups is 1. The van der Waals surface area contributed by atoms with E-state index in [1.165, 1.54) is 22.0 Å². The van der Waals surface area contributed by atoms with E-state index in [4.69, 9.17) is 0 Å². The molecule has 0 radical (unpaired) electrons. The van der Waals surface area contributed by atoms with Crippen LogP contribution < -0.4 is 4.90 Å². The van der Waals surface area contributed by atoms with Crippen molar-refractivity contribution in [1.82, 2.24) is 14.3 Å². The van der Waals surface area contributed by atoms with E-state index < -0.39 is 0 Å². The highest BCUT2D eigenvalue weighted by molar-refractivity contribution is 7.10. The van der Waals surface area contributed by atoms with Gasteiger partial charge in [0.2, 0.25) is 5.95 Å². The second-order valence-corrected chi connectivity index (χ2v) is 7.81. The van der Waals surface area contributed by atoms with Gasteiger partial charge in [0, 0.05) is 37.1 Å². The lowest BCUT2D eigenvalue weighted by molar-refractivity contribution is 0.0786. The second kappa shape index (κ2) is 7.33. The van der Waals surface area contributed by atoms with Crippen LogP contribution in [-0.2, 0) is 6.54 Å². The van der Waals surface area contributed by atoms with Crippen molar-refractivity contribution in [3.05, 3.63) is 51.7 Å². The Labute approximate surface area is 155 Å². The first-order chi connectivity index (χ1) is 12.0. The maximum Gasteiger partial charge on any atom is 0.253 e. The lowest BCUT2D eigenvalue weighted by Gasteiger charge is -2.17. The predicted molar refractivity (Wildman–Crippen MR) is 105 cm³/mol. The summed E-state index contributed by atoms with van der Waals surface area (Å²) in [5.41, 5.74) is 2.88. The molecule has 0 aliphatic carbocycles. The molecule has 0 N–H and O–H groups in total. The van der Waals surface area contributed by atoms with E-state index in [9.17, 15) is 4.79 Å². The first-order valence-corrected chi connectivity index (χ1v) is 9.51. The van der Waals surface area contributed by atoms with Gasteiger partial charge in [-0.25, -0.2) is 0 Å². The molecule has 3 aromatic rings. The molecule has 0 atom stereocenters. The second-order valence-electron chi connectivity index (χ2n) is 6.06. The van der Waals surface area contributed by atoms with E-state index in [0.717, 1.165) is 10.6 Å². The number of nitrogens with zero attached hydrogens (tertiary/aromatic N) is 4. The molecule has 0 aliphatic rings. The third-order valence-electron chi connectivity index (χ3n) is 3.89. The summed E-state index contributed by atoms with van der Waals surface area (Å²) < 4.78 is 4.31. The van der Waals surface area contributed by atoms with Crippen LogP contribution in [0.25, 0.3) is 10.6 Å². The molecule has 0 aliphatic heterocycles. The van der Waals surface area contributed by atoms with Crippen molar-refractivity contribution >= 4 is 34.7 Å². The Morgan fingerprint density at radius 3 is 2.40 bits per heavy atom. The van der Waals surface area contributed by atoms with Crippen molar-refractivity contribution in [1.29, 1.82) is 0 Å². The highest BCUT2D eigenvalue weighted by atomic mass is 32.1. The molecule has 0 spiro atoms. The summed E-state index contributed by atoms with van der Waals surface area (Å²) in [6.45, 7) is 2.70. The number of aromatic nitrogens is 2. The van der Waals surface area contributed by atoms with Crippen LogP contribution in [0.2, 0.25) is 0 Å². The number of aryl methyl sites for hydroxylation is 1. The van der Waals surface area contributed by atoms with E-state index in [2.05, 4.69) is 27.7 Å². The summed E-state index contributed by atoms with van der Waals surface area (Å²) in [4.78, 5) is 22.0. The largest absolute Gasteiger partial charge is 0.346 e. The zero-order valence-corrected chi connectivity index (χ0v) is 16.3. The molecule has 0 fully saturated rings. The van der Waals surface area contributed by atoms with Crippen LogP contribution >= 0.6 is 22.9 Å². The molecule has 7 heteroatoms. The van der Waals surface area contributed by atoms with Gasteiger partial charge >= 0.3 is 0 Å². The van der Waals surface area contributed by atoms with Gasteiger partial charge in [0.15, 0.2) is 0 Å². The Kier molecular flexibility index (Phi) is 5.15. The number of amides is 1. The third kappa shape index (κ3) is 3.88. The van der Waals surface area contributed by atoms with Crippen molar-refractivity contribution in [3.8, 4) is 10.6 Å². The maximum atomic E-state index is 12.6. The van der Waals surface area contributed by atoms with E-state index in [0.29, 0.717) is 18.1 Å². The van der Waals surface area contributed by atoms with E-state index in [1.807, 2.05) is 50.3 Å². The van der Waals surface area contributed by atoms with Crippen LogP contribution in [0, 0.1) is 6.92 Å². The van der Waals surface area contributed by atoms with Gasteiger partial charge in [0.1, 0.15) is 5.01 Å². The Morgan fingerprint density at radius 2 is 1.84 bits per heavy atom. The predicted octanol–water partition coefficient (Wildman–Crippen LogP) is 3.91. The molecular formula is C18H20N4OS2. The van der Waals surface area contributed by atoms with Crippen molar-refractivity contribution in [2.45, 2.75) is 13.5 Å². The number of carbonyl (C=O) groups excluding carboxylic acids is 1. The van der Waals surface area contributed by atoms with E-state index in [-0.39, 0.29) is 5.91 Å². The molecule has 2 aromatic heterocycles. The zero-order chi connectivity index (χ0) is 18.0. The molecule has 1 aromatic carbocycles. The molecular weight excluding hydrogens is 352 g/mol. The smallest absolute Gasteiger partial charge is 0.253 e. The first kappa shape index (κ1) is 17.6. The van der Waals surface area contributed by atoms with Gasteiger partial charge in [-0.2, -0.15) is 9.36 Å². The normalized spacial score (nSPS) is 10.7. The number of anilines is 1. The Morgan fingerprint density at radius 1 is 1.12 bits per heavy atom. The highest BCUT2D eigenvalue weighted by Crippen LogP contribution is 2.25. The Hall–Kier alpha value is -2.25. The molecule has 130 valence electrons. The van der Waals surface area contributed by atoms with Crippen LogP contribution in [-0.4, -0.2) is 41.3 Å². The fraction of sp³-hybridized carbons (Fsp3) is 0.278. The molecule has 0 bridgehead atoms. The van der Waals surface area contributed by atoms with Gasteiger partial charge < -0.3 is 9.80 Å². The molecule has 1 amide bonds. The fourth-order valence-electron chi connectivity index (χ4n) is 2.34. The van der Waals surface area contributed by atoms with Gasteiger partial charge in [-0.15, -0.1) is 11.3 Å². The minimum atomic E-state index is 0.0191. The van der Waals surface area contributed by atoms with Crippen LogP contribution in [0.5, 0.6) is 0 Å². The van der Waals surface area contributed by atoms with Crippen molar-refractivity contribution in [2.75, 3.05) is 26.0 Å². The lowest BCUT2D eigenvalue weighted by Crippen LogP contribution is -2.26. The standard InChI is InChI=1S/C18H20N4OS2/c1-12-9-10-24-15(12)11-22(4)17(23)14-7-5-13(6-8-14)16-19-18(20-25-16)21(2)3/h5-10H,11H2,1-4H3. The summed E-state index contributed by atoms with van der Waals surface area (Å²) in [6.07, 6.45) is 0. The Balaban J connectivity index is 1.72. The molecule has 25 heavy (non-hydrogen) atoms. The van der Waals surface area contributed by atoms with Crippen molar-refractivity contribution in [3.63, 3.8) is 0 Å². The van der Waals surface area contributed by atoms with Crippen molar-refractivity contribution < 1.29 is 4.79 Å². The third-order valence-corrected chi connectivity index (χ3v) is 5.65. The first-order valence-electron chi connectivity index (χ1n) is 7.85. The van der Waals surface area contributed by atoms with Gasteiger partial charge in [0.05, 0.1) is 6.54 Å². The van der Waals surface area contributed by atoms with Crippen LogP contribution in [0.3, 0.4) is 0 Å². The summed E-state index contributed by atoms with van der Waals surface area (Å²) >= 11 is 3.04. The van der Waals surface area contributed by atoms with Gasteiger partial charge in [-0.3, -0.25) is 4.79 Å². The molecule has 5 nitrogen and oxygen atoms in total. The van der Waals surface area contributed by atoms with Gasteiger partial charge in [0.25, 0.3) is 5.91 Å². The van der Waals surface area contributed by atoms with Crippen molar-refractivity contribution in [2.24, 2.45) is 0 Å². The minimum Gasteiger partial charge on any atom is -0.346 e. The molecule has 3 rings (SSSR count). The fourth-order valence-corrected chi connectivity index (χ4v) is 4.04. The quantitative estimate of drug-likeness (QED) is 0.681. The monoisotopic (exact) mass is 372 g/mol. The van der Waals surface area contributed by atoms with Gasteiger partial charge in [-0.1, -0.05) is 12.1 Å². The summed E-state index contributed by atoms with van der Waals surface area (Å²) in [6, 6.07) is 9.64. The number of thiophene rings is 1. The average molecular weight is 373 g/mol. The lowest BCUT2D eigenvalue weighted by atomic mass is 10.1. The molecule has 0 unspecified atom stereocenters. The number of hydrogen-bond acceptors (Lipinski definition) is 6. The molecule has 0 saturated carbocycles. The molecule has 0 saturated heterocycles. The average Bonchev–Trinajstić information content (AvgIpc) is 3.24. The maximum absolute atomic E-state index is 12.6. The topological polar surface area (TPSA) is 49.3 Å². The summed E-state index contributed by atoms with van der Waals surface area (Å²) in [5, 5.41) is 2.91. The number of benzene rings is 1. The van der Waals surface area contributed by atoms with Crippen LogP contribution in [0.4, 0.5) is 5.95 Å². The SMILES string of the molecule is Cc1ccsc1CN(C)C(=O)c1ccc(-c2nc(N(C)C)ns2)cc1. The van der Waals surface area contributed by atoms with Gasteiger partial charge in [-0.05, 0) is 47.6 Å². The van der Waals surface area contributed by atoms with E-state index in [1.54, 1.807) is 16.2 Å². The summed E-state index contributed by atoms with van der Waals surface area (Å²) in [7, 11) is 5.67. The van der Waals surface area contributed by atoms with Crippen LogP contribution in [0.15, 0.2) is 35.7 Å². The molecule has 2 heterocycles. The number of rotatable bonds is 5. The highest BCUT2D eigenvalue weighted by Gasteiger charge is 2.14.